The number of aryl methyl sites for hydroxylation is 1. The first kappa shape index (κ1) is 24.1. The lowest BCUT2D eigenvalue weighted by molar-refractivity contribution is -0.113. The number of nitrogens with zero attached hydrogens (tertiary/aromatic N) is 1. The predicted octanol–water partition coefficient (Wildman–Crippen LogP) is 7.53. The number of amides is 1. The summed E-state index contributed by atoms with van der Waals surface area (Å²) in [7, 11) is 0. The third-order valence-corrected chi connectivity index (χ3v) is 7.22. The maximum absolute atomic E-state index is 13.1. The third kappa shape index (κ3) is 5.01. The van der Waals surface area contributed by atoms with Crippen LogP contribution in [0, 0.1) is 6.92 Å². The van der Waals surface area contributed by atoms with Gasteiger partial charge in [0.1, 0.15) is 6.61 Å². The van der Waals surface area contributed by atoms with Crippen molar-refractivity contribution >= 4 is 56.7 Å². The molecule has 6 heteroatoms. The van der Waals surface area contributed by atoms with E-state index in [4.69, 9.17) is 21.7 Å². The van der Waals surface area contributed by atoms with E-state index in [0.717, 1.165) is 22.4 Å². The molecular formula is C30H25NO3S2. The molecule has 0 radical (unpaired) electrons. The van der Waals surface area contributed by atoms with Gasteiger partial charge in [-0.1, -0.05) is 90.2 Å². The van der Waals surface area contributed by atoms with Crippen molar-refractivity contribution in [2.75, 3.05) is 11.5 Å². The zero-order valence-electron chi connectivity index (χ0n) is 20.1. The molecule has 4 aromatic rings. The van der Waals surface area contributed by atoms with Gasteiger partial charge in [0.15, 0.2) is 15.8 Å². The van der Waals surface area contributed by atoms with Gasteiger partial charge in [-0.05, 0) is 66.1 Å². The van der Waals surface area contributed by atoms with Crippen LogP contribution in [0.5, 0.6) is 11.5 Å². The van der Waals surface area contributed by atoms with E-state index in [2.05, 4.69) is 24.3 Å². The number of benzene rings is 4. The van der Waals surface area contributed by atoms with Crippen molar-refractivity contribution < 1.29 is 14.3 Å². The topological polar surface area (TPSA) is 38.8 Å². The second-order valence-corrected chi connectivity index (χ2v) is 10.1. The smallest absolute Gasteiger partial charge is 0.270 e. The maximum atomic E-state index is 13.1. The van der Waals surface area contributed by atoms with Crippen LogP contribution >= 0.6 is 24.0 Å². The maximum Gasteiger partial charge on any atom is 0.270 e. The number of thioether (sulfide) groups is 1. The van der Waals surface area contributed by atoms with Crippen molar-refractivity contribution in [3.63, 3.8) is 0 Å². The molecular weight excluding hydrogens is 486 g/mol. The molecule has 4 nitrogen and oxygen atoms in total. The van der Waals surface area contributed by atoms with E-state index >= 15 is 0 Å². The standard InChI is InChI=1S/C30H25NO3S2/c1-3-33-27-17-21(18-28-29(32)31(30(35)36-28)24-14-11-20(2)12-15-24)13-16-26(27)34-19-23-9-6-8-22-7-4-5-10-25(22)23/h4-18H,3,19H2,1-2H3/b28-18-. The summed E-state index contributed by atoms with van der Waals surface area (Å²) in [4.78, 5) is 15.3. The second-order valence-electron chi connectivity index (χ2n) is 8.42. The minimum Gasteiger partial charge on any atom is -0.490 e. The summed E-state index contributed by atoms with van der Waals surface area (Å²) >= 11 is 6.82. The number of anilines is 1. The Balaban J connectivity index is 1.37. The molecule has 4 aromatic carbocycles. The first-order valence-corrected chi connectivity index (χ1v) is 13.0. The van der Waals surface area contributed by atoms with Crippen LogP contribution in [0.4, 0.5) is 5.69 Å². The fraction of sp³-hybridized carbons (Fsp3) is 0.133. The Bertz CT molecular complexity index is 1470. The number of carbonyl (C=O) groups excluding carboxylic acids is 1. The van der Waals surface area contributed by atoms with E-state index in [-0.39, 0.29) is 5.91 Å². The summed E-state index contributed by atoms with van der Waals surface area (Å²) < 4.78 is 12.6. The highest BCUT2D eigenvalue weighted by molar-refractivity contribution is 8.27. The molecule has 1 aliphatic rings. The van der Waals surface area contributed by atoms with Gasteiger partial charge in [-0.25, -0.2) is 0 Å². The van der Waals surface area contributed by atoms with Crippen LogP contribution in [0.2, 0.25) is 0 Å². The third-order valence-electron chi connectivity index (χ3n) is 5.91. The molecule has 1 aliphatic heterocycles. The Labute approximate surface area is 220 Å². The predicted molar refractivity (Wildman–Crippen MR) is 153 cm³/mol. The molecule has 1 heterocycles. The van der Waals surface area contributed by atoms with Crippen LogP contribution in [0.15, 0.2) is 89.8 Å². The van der Waals surface area contributed by atoms with Crippen LogP contribution in [0.25, 0.3) is 16.8 Å². The Morgan fingerprint density at radius 1 is 0.917 bits per heavy atom. The number of hydrogen-bond acceptors (Lipinski definition) is 5. The normalized spacial score (nSPS) is 14.6. The summed E-state index contributed by atoms with van der Waals surface area (Å²) in [5, 5.41) is 2.35. The van der Waals surface area contributed by atoms with Gasteiger partial charge in [0.05, 0.1) is 17.2 Å². The molecule has 0 saturated carbocycles. The monoisotopic (exact) mass is 511 g/mol. The summed E-state index contributed by atoms with van der Waals surface area (Å²) in [6, 6.07) is 28.0. The number of hydrogen-bond donors (Lipinski definition) is 0. The first-order valence-electron chi connectivity index (χ1n) is 11.7. The van der Waals surface area contributed by atoms with Gasteiger partial charge in [-0.2, -0.15) is 0 Å². The minimum absolute atomic E-state index is 0.122. The molecule has 36 heavy (non-hydrogen) atoms. The lowest BCUT2D eigenvalue weighted by atomic mass is 10.1. The van der Waals surface area contributed by atoms with E-state index < -0.39 is 0 Å². The Hall–Kier alpha value is -3.61. The highest BCUT2D eigenvalue weighted by atomic mass is 32.2. The summed E-state index contributed by atoms with van der Waals surface area (Å²) in [5.74, 6) is 1.18. The van der Waals surface area contributed by atoms with Crippen LogP contribution in [0.3, 0.4) is 0 Å². The lowest BCUT2D eigenvalue weighted by Gasteiger charge is -2.14. The number of thiocarbonyl (C=S) groups is 1. The average Bonchev–Trinajstić information content (AvgIpc) is 3.16. The zero-order valence-corrected chi connectivity index (χ0v) is 21.7. The molecule has 180 valence electrons. The van der Waals surface area contributed by atoms with Crippen LogP contribution in [-0.4, -0.2) is 16.8 Å². The van der Waals surface area contributed by atoms with Crippen molar-refractivity contribution in [2.24, 2.45) is 0 Å². The molecule has 0 atom stereocenters. The van der Waals surface area contributed by atoms with Gasteiger partial charge < -0.3 is 9.47 Å². The lowest BCUT2D eigenvalue weighted by Crippen LogP contribution is -2.27. The molecule has 0 N–H and O–H groups in total. The molecule has 0 aromatic heterocycles. The van der Waals surface area contributed by atoms with Crippen molar-refractivity contribution in [3.05, 3.63) is 107 Å². The molecule has 5 rings (SSSR count). The van der Waals surface area contributed by atoms with Crippen LogP contribution in [0.1, 0.15) is 23.6 Å². The molecule has 1 fully saturated rings. The van der Waals surface area contributed by atoms with Crippen molar-refractivity contribution in [3.8, 4) is 11.5 Å². The van der Waals surface area contributed by atoms with E-state index in [9.17, 15) is 4.79 Å². The average molecular weight is 512 g/mol. The van der Waals surface area contributed by atoms with Gasteiger partial charge in [-0.15, -0.1) is 0 Å². The van der Waals surface area contributed by atoms with Gasteiger partial charge in [0, 0.05) is 0 Å². The Morgan fingerprint density at radius 3 is 2.50 bits per heavy atom. The number of carbonyl (C=O) groups is 1. The summed E-state index contributed by atoms with van der Waals surface area (Å²) in [5.41, 5.74) is 3.87. The molecule has 1 saturated heterocycles. The first-order chi connectivity index (χ1) is 17.5. The van der Waals surface area contributed by atoms with E-state index in [1.165, 1.54) is 22.5 Å². The second kappa shape index (κ2) is 10.6. The van der Waals surface area contributed by atoms with Crippen LogP contribution in [-0.2, 0) is 11.4 Å². The van der Waals surface area contributed by atoms with E-state index in [0.29, 0.717) is 33.9 Å². The van der Waals surface area contributed by atoms with Gasteiger partial charge >= 0.3 is 0 Å². The summed E-state index contributed by atoms with van der Waals surface area (Å²) in [6.07, 6.45) is 1.85. The number of rotatable bonds is 7. The summed E-state index contributed by atoms with van der Waals surface area (Å²) in [6.45, 7) is 4.88. The largest absolute Gasteiger partial charge is 0.490 e. The minimum atomic E-state index is -0.122. The Kier molecular flexibility index (Phi) is 7.07. The highest BCUT2D eigenvalue weighted by Crippen LogP contribution is 2.37. The molecule has 0 aliphatic carbocycles. The van der Waals surface area contributed by atoms with Gasteiger partial charge in [0.2, 0.25) is 0 Å². The number of fused-ring (bicyclic) bond motifs is 1. The van der Waals surface area contributed by atoms with E-state index in [1.807, 2.05) is 80.6 Å². The fourth-order valence-electron chi connectivity index (χ4n) is 4.11. The van der Waals surface area contributed by atoms with E-state index in [1.54, 1.807) is 4.90 Å². The Morgan fingerprint density at radius 2 is 1.69 bits per heavy atom. The van der Waals surface area contributed by atoms with Crippen molar-refractivity contribution in [1.29, 1.82) is 0 Å². The van der Waals surface area contributed by atoms with Gasteiger partial charge in [0.25, 0.3) is 5.91 Å². The fourth-order valence-corrected chi connectivity index (χ4v) is 5.41. The number of ether oxygens (including phenoxy) is 2. The van der Waals surface area contributed by atoms with Crippen molar-refractivity contribution in [1.82, 2.24) is 0 Å². The highest BCUT2D eigenvalue weighted by Gasteiger charge is 2.33. The zero-order chi connectivity index (χ0) is 25.1. The molecule has 0 bridgehead atoms. The van der Waals surface area contributed by atoms with Crippen molar-refractivity contribution in [2.45, 2.75) is 20.5 Å². The molecule has 0 spiro atoms. The molecule has 1 amide bonds. The van der Waals surface area contributed by atoms with Crippen LogP contribution < -0.4 is 14.4 Å². The quantitative estimate of drug-likeness (QED) is 0.189. The molecule has 0 unspecified atom stereocenters. The SMILES string of the molecule is CCOc1cc(/C=C2\SC(=S)N(c3ccc(C)cc3)C2=O)ccc1OCc1cccc2ccccc12. The van der Waals surface area contributed by atoms with Gasteiger partial charge in [-0.3, -0.25) is 9.69 Å².